The molecule has 0 unspecified atom stereocenters. The van der Waals surface area contributed by atoms with Crippen LogP contribution in [0, 0.1) is 6.92 Å². The number of benzene rings is 2. The van der Waals surface area contributed by atoms with Crippen LogP contribution in [0.3, 0.4) is 0 Å². The Morgan fingerprint density at radius 2 is 1.86 bits per heavy atom. The monoisotopic (exact) mass is 292 g/mol. The second-order valence-electron chi connectivity index (χ2n) is 5.83. The molecule has 2 aliphatic rings. The second-order valence-corrected chi connectivity index (χ2v) is 5.83. The lowest BCUT2D eigenvalue weighted by atomic mass is 10.0. The molecule has 0 spiro atoms. The number of anilines is 3. The van der Waals surface area contributed by atoms with E-state index >= 15 is 0 Å². The van der Waals surface area contributed by atoms with Crippen molar-refractivity contribution in [2.75, 3.05) is 36.4 Å². The number of hydrogen-bond donors (Lipinski definition) is 2. The van der Waals surface area contributed by atoms with Crippen LogP contribution in [0.25, 0.3) is 0 Å². The molecule has 0 aromatic heterocycles. The fraction of sp³-hybridized carbons (Fsp3) is 0.278. The summed E-state index contributed by atoms with van der Waals surface area (Å²) < 4.78 is 0. The number of nitrogens with zero attached hydrogens (tertiary/aromatic N) is 2. The maximum absolute atomic E-state index is 4.69. The van der Waals surface area contributed by atoms with Gasteiger partial charge in [0, 0.05) is 43.6 Å². The molecule has 0 atom stereocenters. The van der Waals surface area contributed by atoms with Gasteiger partial charge in [-0.1, -0.05) is 18.2 Å². The van der Waals surface area contributed by atoms with E-state index in [1.165, 1.54) is 22.5 Å². The Kier molecular flexibility index (Phi) is 3.31. The molecule has 0 bridgehead atoms. The molecule has 4 rings (SSSR count). The molecule has 1 saturated heterocycles. The van der Waals surface area contributed by atoms with Crippen LogP contribution in [0.1, 0.15) is 11.1 Å². The van der Waals surface area contributed by atoms with E-state index in [1.807, 2.05) is 24.4 Å². The van der Waals surface area contributed by atoms with E-state index < -0.39 is 0 Å². The van der Waals surface area contributed by atoms with Gasteiger partial charge >= 0.3 is 0 Å². The number of rotatable bonds is 1. The van der Waals surface area contributed by atoms with E-state index in [4.69, 9.17) is 4.99 Å². The lowest BCUT2D eigenvalue weighted by Gasteiger charge is -2.31. The molecule has 112 valence electrons. The Balaban J connectivity index is 1.83. The van der Waals surface area contributed by atoms with Gasteiger partial charge in [-0.3, -0.25) is 4.99 Å². The number of para-hydroxylation sites is 2. The predicted octanol–water partition coefficient (Wildman–Crippen LogP) is 3.21. The quantitative estimate of drug-likeness (QED) is 0.723. The van der Waals surface area contributed by atoms with Crippen LogP contribution < -0.4 is 15.5 Å². The van der Waals surface area contributed by atoms with E-state index in [0.29, 0.717) is 0 Å². The number of aliphatic imine (C=N–C) groups is 1. The molecule has 4 heteroatoms. The lowest BCUT2D eigenvalue weighted by molar-refractivity contribution is 0.589. The minimum Gasteiger partial charge on any atom is -0.368 e. The summed E-state index contributed by atoms with van der Waals surface area (Å²) in [4.78, 5) is 7.14. The second kappa shape index (κ2) is 5.46. The van der Waals surface area contributed by atoms with E-state index in [0.717, 1.165) is 37.6 Å². The third-order valence-corrected chi connectivity index (χ3v) is 4.38. The van der Waals surface area contributed by atoms with Gasteiger partial charge in [0.25, 0.3) is 0 Å². The minimum atomic E-state index is 0.990. The van der Waals surface area contributed by atoms with Gasteiger partial charge in [0.2, 0.25) is 0 Å². The summed E-state index contributed by atoms with van der Waals surface area (Å²) in [6.45, 7) is 6.29. The number of aryl methyl sites for hydroxylation is 1. The first-order valence-electron chi connectivity index (χ1n) is 7.82. The molecule has 1 fully saturated rings. The molecule has 2 N–H and O–H groups in total. The zero-order valence-electron chi connectivity index (χ0n) is 12.8. The molecule has 22 heavy (non-hydrogen) atoms. The first-order chi connectivity index (χ1) is 10.8. The van der Waals surface area contributed by atoms with Crippen molar-refractivity contribution in [3.8, 4) is 0 Å². The van der Waals surface area contributed by atoms with Crippen molar-refractivity contribution in [3.63, 3.8) is 0 Å². The lowest BCUT2D eigenvalue weighted by Crippen LogP contribution is -2.44. The third kappa shape index (κ3) is 2.25. The van der Waals surface area contributed by atoms with Crippen molar-refractivity contribution in [2.45, 2.75) is 6.92 Å². The van der Waals surface area contributed by atoms with Crippen LogP contribution in [0.2, 0.25) is 0 Å². The largest absolute Gasteiger partial charge is 0.368 e. The first-order valence-corrected chi connectivity index (χ1v) is 7.82. The molecular weight excluding hydrogens is 272 g/mol. The average Bonchev–Trinajstić information content (AvgIpc) is 2.77. The maximum Gasteiger partial charge on any atom is 0.0864 e. The first kappa shape index (κ1) is 13.3. The molecule has 2 aromatic rings. The average molecular weight is 292 g/mol. The molecule has 4 nitrogen and oxygen atoms in total. The van der Waals surface area contributed by atoms with E-state index in [-0.39, 0.29) is 0 Å². The fourth-order valence-electron chi connectivity index (χ4n) is 3.16. The van der Waals surface area contributed by atoms with Gasteiger partial charge in [0.15, 0.2) is 0 Å². The number of hydrogen-bond acceptors (Lipinski definition) is 4. The predicted molar refractivity (Wildman–Crippen MR) is 93.2 cm³/mol. The van der Waals surface area contributed by atoms with Crippen molar-refractivity contribution in [1.82, 2.24) is 5.32 Å². The summed E-state index contributed by atoms with van der Waals surface area (Å²) in [6, 6.07) is 12.6. The summed E-state index contributed by atoms with van der Waals surface area (Å²) in [6.07, 6.45) is 2.01. The Morgan fingerprint density at radius 3 is 2.73 bits per heavy atom. The van der Waals surface area contributed by atoms with Crippen molar-refractivity contribution in [2.24, 2.45) is 4.99 Å². The standard InChI is InChI=1S/C18H20N4/c1-13-6-7-17(22-10-8-19-9-11-22)14-12-20-15-4-2-3-5-16(15)21-18(13)14/h2-7,12,19,21H,8-11H2,1H3. The van der Waals surface area contributed by atoms with Gasteiger partial charge in [0.1, 0.15) is 0 Å². The molecule has 0 aliphatic carbocycles. The Bertz CT molecular complexity index is 730. The highest BCUT2D eigenvalue weighted by molar-refractivity contribution is 6.01. The smallest absolute Gasteiger partial charge is 0.0864 e. The van der Waals surface area contributed by atoms with Crippen LogP contribution in [-0.2, 0) is 0 Å². The minimum absolute atomic E-state index is 0.990. The van der Waals surface area contributed by atoms with Crippen molar-refractivity contribution in [1.29, 1.82) is 0 Å². The van der Waals surface area contributed by atoms with Gasteiger partial charge < -0.3 is 15.5 Å². The maximum atomic E-state index is 4.69. The van der Waals surface area contributed by atoms with Crippen LogP contribution in [0.5, 0.6) is 0 Å². The van der Waals surface area contributed by atoms with Crippen LogP contribution >= 0.6 is 0 Å². The van der Waals surface area contributed by atoms with Gasteiger partial charge in [-0.25, -0.2) is 0 Å². The Labute approximate surface area is 130 Å². The number of nitrogens with one attached hydrogen (secondary N) is 2. The summed E-state index contributed by atoms with van der Waals surface area (Å²) in [5, 5.41) is 6.99. The Hall–Kier alpha value is -2.33. The number of piperazine rings is 1. The van der Waals surface area contributed by atoms with Crippen molar-refractivity contribution in [3.05, 3.63) is 47.5 Å². The number of fused-ring (bicyclic) bond motifs is 2. The van der Waals surface area contributed by atoms with E-state index in [2.05, 4.69) is 40.7 Å². The fourth-order valence-corrected chi connectivity index (χ4v) is 3.16. The molecule has 2 aromatic carbocycles. The highest BCUT2D eigenvalue weighted by atomic mass is 15.2. The normalized spacial score (nSPS) is 16.5. The van der Waals surface area contributed by atoms with Gasteiger partial charge in [0.05, 0.1) is 17.1 Å². The van der Waals surface area contributed by atoms with Crippen LogP contribution in [0.4, 0.5) is 22.7 Å². The molecule has 2 aliphatic heterocycles. The molecular formula is C18H20N4. The Morgan fingerprint density at radius 1 is 1.05 bits per heavy atom. The zero-order valence-corrected chi connectivity index (χ0v) is 12.8. The van der Waals surface area contributed by atoms with Gasteiger partial charge in [-0.15, -0.1) is 0 Å². The summed E-state index contributed by atoms with van der Waals surface area (Å²) in [5.41, 5.74) is 6.94. The van der Waals surface area contributed by atoms with E-state index in [9.17, 15) is 0 Å². The van der Waals surface area contributed by atoms with Crippen LogP contribution in [-0.4, -0.2) is 32.4 Å². The summed E-state index contributed by atoms with van der Waals surface area (Å²) >= 11 is 0. The summed E-state index contributed by atoms with van der Waals surface area (Å²) in [5.74, 6) is 0. The topological polar surface area (TPSA) is 39.7 Å². The van der Waals surface area contributed by atoms with Crippen molar-refractivity contribution < 1.29 is 0 Å². The zero-order chi connectivity index (χ0) is 14.9. The van der Waals surface area contributed by atoms with Gasteiger partial charge in [-0.05, 0) is 30.7 Å². The van der Waals surface area contributed by atoms with Crippen LogP contribution in [0.15, 0.2) is 41.4 Å². The highest BCUT2D eigenvalue weighted by Crippen LogP contribution is 2.37. The van der Waals surface area contributed by atoms with E-state index in [1.54, 1.807) is 0 Å². The van der Waals surface area contributed by atoms with Crippen molar-refractivity contribution >= 4 is 29.0 Å². The molecule has 2 heterocycles. The highest BCUT2D eigenvalue weighted by Gasteiger charge is 2.19. The SMILES string of the molecule is Cc1ccc(N2CCNCC2)c2c1Nc1ccccc1N=C2. The molecule has 0 amide bonds. The third-order valence-electron chi connectivity index (χ3n) is 4.38. The summed E-state index contributed by atoms with van der Waals surface area (Å²) in [7, 11) is 0. The molecule has 0 saturated carbocycles. The van der Waals surface area contributed by atoms with Gasteiger partial charge in [-0.2, -0.15) is 0 Å². The molecule has 0 radical (unpaired) electrons.